The molecule has 2 aliphatic rings. The van der Waals surface area contributed by atoms with Crippen molar-refractivity contribution in [3.8, 4) is 0 Å². The molecule has 0 aromatic carbocycles. The zero-order chi connectivity index (χ0) is 13.2. The summed E-state index contributed by atoms with van der Waals surface area (Å²) in [5.74, 6) is 0.332. The lowest BCUT2D eigenvalue weighted by Gasteiger charge is -2.44. The zero-order valence-corrected chi connectivity index (χ0v) is 11.5. The van der Waals surface area contributed by atoms with Gasteiger partial charge in [0.05, 0.1) is 4.99 Å². The van der Waals surface area contributed by atoms with Gasteiger partial charge in [-0.15, -0.1) is 0 Å². The summed E-state index contributed by atoms with van der Waals surface area (Å²) < 4.78 is 0. The molecule has 1 aliphatic carbocycles. The molecule has 2 amide bonds. The molecule has 2 atom stereocenters. The van der Waals surface area contributed by atoms with E-state index in [0.29, 0.717) is 12.5 Å². The quantitative estimate of drug-likeness (QED) is 0.843. The number of aromatic nitrogens is 1. The topological polar surface area (TPSA) is 45.2 Å². The number of pyridine rings is 1. The van der Waals surface area contributed by atoms with E-state index in [1.165, 1.54) is 12.8 Å². The van der Waals surface area contributed by atoms with Crippen LogP contribution in [0.3, 0.4) is 0 Å². The number of urea groups is 1. The number of hydrogen-bond donors (Lipinski definition) is 1. The van der Waals surface area contributed by atoms with Crippen molar-refractivity contribution in [3.63, 3.8) is 0 Å². The third-order valence-corrected chi connectivity index (χ3v) is 4.44. The van der Waals surface area contributed by atoms with E-state index in [1.54, 1.807) is 6.20 Å². The van der Waals surface area contributed by atoms with Crippen molar-refractivity contribution >= 4 is 23.2 Å². The minimum Gasteiger partial charge on any atom is -0.316 e. The van der Waals surface area contributed by atoms with Crippen molar-refractivity contribution in [3.05, 3.63) is 30.1 Å². The highest BCUT2D eigenvalue weighted by molar-refractivity contribution is 7.80. The largest absolute Gasteiger partial charge is 0.322 e. The highest BCUT2D eigenvalue weighted by Gasteiger charge is 2.40. The Hall–Kier alpha value is -1.49. The van der Waals surface area contributed by atoms with E-state index in [9.17, 15) is 4.79 Å². The minimum absolute atomic E-state index is 0.0583. The Kier molecular flexibility index (Phi) is 3.46. The maximum absolute atomic E-state index is 12.2. The first-order valence-corrected chi connectivity index (χ1v) is 7.17. The molecule has 1 aromatic rings. The van der Waals surface area contributed by atoms with Crippen molar-refractivity contribution in [1.29, 1.82) is 0 Å². The molecular weight excluding hydrogens is 258 g/mol. The maximum Gasteiger partial charge on any atom is 0.322 e. The summed E-state index contributed by atoms with van der Waals surface area (Å²) in [6.45, 7) is 0.615. The summed E-state index contributed by atoms with van der Waals surface area (Å²) in [7, 11) is 0. The summed E-state index contributed by atoms with van der Waals surface area (Å²) in [5, 5.41) is 2.85. The molecule has 1 saturated carbocycles. The lowest BCUT2D eigenvalue weighted by Crippen LogP contribution is -2.59. The predicted octanol–water partition coefficient (Wildman–Crippen LogP) is 2.49. The molecule has 4 nitrogen and oxygen atoms in total. The number of hydrogen-bond acceptors (Lipinski definition) is 3. The molecule has 1 aromatic heterocycles. The summed E-state index contributed by atoms with van der Waals surface area (Å²) in [5.41, 5.74) is 1.06. The second-order valence-electron chi connectivity index (χ2n) is 5.24. The zero-order valence-electron chi connectivity index (χ0n) is 10.7. The van der Waals surface area contributed by atoms with Crippen molar-refractivity contribution in [2.45, 2.75) is 38.3 Å². The van der Waals surface area contributed by atoms with Crippen LogP contribution in [0.2, 0.25) is 0 Å². The van der Waals surface area contributed by atoms with Gasteiger partial charge in [-0.3, -0.25) is 4.98 Å². The van der Waals surface area contributed by atoms with Gasteiger partial charge in [0.25, 0.3) is 0 Å². The fourth-order valence-electron chi connectivity index (χ4n) is 3.09. The summed E-state index contributed by atoms with van der Waals surface area (Å²) in [4.78, 5) is 18.9. The van der Waals surface area contributed by atoms with Crippen LogP contribution in [0.15, 0.2) is 24.5 Å². The van der Waals surface area contributed by atoms with Crippen LogP contribution < -0.4 is 5.32 Å². The molecule has 19 heavy (non-hydrogen) atoms. The average molecular weight is 275 g/mol. The Balaban J connectivity index is 1.82. The van der Waals surface area contributed by atoms with Crippen molar-refractivity contribution < 1.29 is 4.79 Å². The number of rotatable bonds is 2. The smallest absolute Gasteiger partial charge is 0.316 e. The summed E-state index contributed by atoms with van der Waals surface area (Å²) in [6.07, 6.45) is 8.10. The molecule has 2 fully saturated rings. The van der Waals surface area contributed by atoms with Gasteiger partial charge >= 0.3 is 6.03 Å². The molecule has 100 valence electrons. The highest BCUT2D eigenvalue weighted by Crippen LogP contribution is 2.32. The van der Waals surface area contributed by atoms with Gasteiger partial charge in [0.1, 0.15) is 0 Å². The Morgan fingerprint density at radius 2 is 2.26 bits per heavy atom. The van der Waals surface area contributed by atoms with E-state index in [2.05, 4.69) is 10.3 Å². The third kappa shape index (κ3) is 2.47. The summed E-state index contributed by atoms with van der Waals surface area (Å²) in [6, 6.07) is 4.11. The molecule has 0 bridgehead atoms. The lowest BCUT2D eigenvalue weighted by molar-refractivity contribution is 0.127. The average Bonchev–Trinajstić information content (AvgIpc) is 2.45. The van der Waals surface area contributed by atoms with Crippen LogP contribution in [-0.2, 0) is 6.54 Å². The number of amides is 2. The first-order valence-electron chi connectivity index (χ1n) is 6.76. The fraction of sp³-hybridized carbons (Fsp3) is 0.500. The Morgan fingerprint density at radius 3 is 3.05 bits per heavy atom. The standard InChI is InChI=1S/C14H17N3OS/c18-14-16-13(19)11-5-1-2-6-12(11)17(14)9-10-4-3-7-15-8-10/h3-4,7-8,11-12H,1-2,5-6,9H2,(H,16,18,19). The van der Waals surface area contributed by atoms with Gasteiger partial charge in [0, 0.05) is 30.9 Å². The van der Waals surface area contributed by atoms with E-state index >= 15 is 0 Å². The van der Waals surface area contributed by atoms with Crippen molar-refractivity contribution in [2.24, 2.45) is 5.92 Å². The Morgan fingerprint density at radius 1 is 1.42 bits per heavy atom. The number of thiocarbonyl (C=S) groups is 1. The van der Waals surface area contributed by atoms with E-state index in [-0.39, 0.29) is 12.1 Å². The molecule has 2 heterocycles. The second-order valence-corrected chi connectivity index (χ2v) is 5.68. The normalized spacial score (nSPS) is 26.8. The van der Waals surface area contributed by atoms with Gasteiger partial charge in [-0.2, -0.15) is 0 Å². The van der Waals surface area contributed by atoms with Crippen molar-refractivity contribution in [1.82, 2.24) is 15.2 Å². The first-order chi connectivity index (χ1) is 9.25. The van der Waals surface area contributed by atoms with E-state index in [1.807, 2.05) is 23.2 Å². The first kappa shape index (κ1) is 12.5. The van der Waals surface area contributed by atoms with Gasteiger partial charge in [-0.1, -0.05) is 31.1 Å². The molecule has 1 saturated heterocycles. The molecule has 0 radical (unpaired) electrons. The lowest BCUT2D eigenvalue weighted by atomic mass is 9.82. The molecule has 2 unspecified atom stereocenters. The maximum atomic E-state index is 12.2. The van der Waals surface area contributed by atoms with Crippen LogP contribution in [-0.4, -0.2) is 26.9 Å². The molecule has 0 spiro atoms. The van der Waals surface area contributed by atoms with Gasteiger partial charge in [0.2, 0.25) is 0 Å². The van der Waals surface area contributed by atoms with Gasteiger partial charge < -0.3 is 10.2 Å². The van der Waals surface area contributed by atoms with Crippen LogP contribution in [0.4, 0.5) is 4.79 Å². The Bertz CT molecular complexity index is 491. The monoisotopic (exact) mass is 275 g/mol. The van der Waals surface area contributed by atoms with Gasteiger partial charge in [0.15, 0.2) is 0 Å². The number of fused-ring (bicyclic) bond motifs is 1. The highest BCUT2D eigenvalue weighted by atomic mass is 32.1. The second kappa shape index (κ2) is 5.25. The SMILES string of the molecule is O=C1NC(=S)C2CCCCC2N1Cc1cccnc1. The van der Waals surface area contributed by atoms with Gasteiger partial charge in [-0.25, -0.2) is 4.79 Å². The van der Waals surface area contributed by atoms with Crippen LogP contribution in [0.1, 0.15) is 31.2 Å². The minimum atomic E-state index is -0.0583. The molecular formula is C14H17N3OS. The number of carbonyl (C=O) groups is 1. The van der Waals surface area contributed by atoms with Crippen LogP contribution in [0.5, 0.6) is 0 Å². The van der Waals surface area contributed by atoms with Crippen LogP contribution in [0.25, 0.3) is 0 Å². The molecule has 5 heteroatoms. The van der Waals surface area contributed by atoms with E-state index in [0.717, 1.165) is 23.4 Å². The number of nitrogens with zero attached hydrogens (tertiary/aromatic N) is 2. The van der Waals surface area contributed by atoms with E-state index in [4.69, 9.17) is 12.2 Å². The van der Waals surface area contributed by atoms with Crippen LogP contribution in [0, 0.1) is 5.92 Å². The Labute approximate surface area is 118 Å². The number of nitrogens with one attached hydrogen (secondary N) is 1. The molecule has 3 rings (SSSR count). The fourth-order valence-corrected chi connectivity index (χ4v) is 3.45. The molecule has 1 aliphatic heterocycles. The van der Waals surface area contributed by atoms with Crippen LogP contribution >= 0.6 is 12.2 Å². The number of carbonyl (C=O) groups excluding carboxylic acids is 1. The van der Waals surface area contributed by atoms with Crippen molar-refractivity contribution in [2.75, 3.05) is 0 Å². The predicted molar refractivity (Wildman–Crippen MR) is 76.7 cm³/mol. The third-order valence-electron chi connectivity index (χ3n) is 4.03. The molecule has 1 N–H and O–H groups in total. The van der Waals surface area contributed by atoms with E-state index < -0.39 is 0 Å². The summed E-state index contributed by atoms with van der Waals surface area (Å²) >= 11 is 5.33. The van der Waals surface area contributed by atoms with Gasteiger partial charge in [-0.05, 0) is 24.5 Å².